The number of carbonyl (C=O) groups excluding carboxylic acids is 2. The number of ether oxygens (including phenoxy) is 2. The first kappa shape index (κ1) is 17.0. The van der Waals surface area contributed by atoms with Crippen molar-refractivity contribution in [1.29, 1.82) is 0 Å². The van der Waals surface area contributed by atoms with Crippen molar-refractivity contribution >= 4 is 11.9 Å². The lowest BCUT2D eigenvalue weighted by atomic mass is 9.82. The van der Waals surface area contributed by atoms with Crippen LogP contribution in [-0.4, -0.2) is 25.2 Å². The van der Waals surface area contributed by atoms with Crippen LogP contribution in [0, 0.1) is 17.8 Å². The largest absolute Gasteiger partial charge is 0.465 e. The molecule has 0 N–H and O–H groups in total. The Bertz CT molecular complexity index is 304. The Kier molecular flexibility index (Phi) is 7.63. The van der Waals surface area contributed by atoms with E-state index in [0.29, 0.717) is 19.1 Å². The maximum Gasteiger partial charge on any atom is 0.308 e. The maximum absolute atomic E-state index is 11.9. The van der Waals surface area contributed by atoms with Crippen LogP contribution in [0.2, 0.25) is 0 Å². The van der Waals surface area contributed by atoms with Crippen molar-refractivity contribution in [3.8, 4) is 0 Å². The van der Waals surface area contributed by atoms with Gasteiger partial charge in [-0.3, -0.25) is 9.59 Å². The van der Waals surface area contributed by atoms with Gasteiger partial charge in [0, 0.05) is 0 Å². The molecule has 4 heteroatoms. The normalized spacial score (nSPS) is 22.6. The van der Waals surface area contributed by atoms with Gasteiger partial charge < -0.3 is 9.47 Å². The third-order valence-electron chi connectivity index (χ3n) is 3.78. The minimum Gasteiger partial charge on any atom is -0.465 e. The fourth-order valence-corrected chi connectivity index (χ4v) is 2.40. The third-order valence-corrected chi connectivity index (χ3v) is 3.78. The summed E-state index contributed by atoms with van der Waals surface area (Å²) in [5.74, 6) is 0.301. The van der Waals surface area contributed by atoms with Gasteiger partial charge in [0.25, 0.3) is 0 Å². The van der Waals surface area contributed by atoms with Gasteiger partial charge in [0.1, 0.15) is 0 Å². The van der Waals surface area contributed by atoms with Gasteiger partial charge in [-0.05, 0) is 44.4 Å². The van der Waals surface area contributed by atoms with Gasteiger partial charge in [0.15, 0.2) is 0 Å². The van der Waals surface area contributed by atoms with Crippen molar-refractivity contribution < 1.29 is 19.1 Å². The second kappa shape index (κ2) is 8.98. The lowest BCUT2D eigenvalue weighted by Crippen LogP contribution is -2.28. The summed E-state index contributed by atoms with van der Waals surface area (Å²) in [6.45, 7) is 7.21. The lowest BCUT2D eigenvalue weighted by Gasteiger charge is -2.26. The highest BCUT2D eigenvalue weighted by Gasteiger charge is 2.31. The van der Waals surface area contributed by atoms with Crippen LogP contribution in [-0.2, 0) is 19.1 Å². The Morgan fingerprint density at radius 2 is 1.40 bits per heavy atom. The summed E-state index contributed by atoms with van der Waals surface area (Å²) in [5, 5.41) is 0. The van der Waals surface area contributed by atoms with E-state index < -0.39 is 0 Å². The van der Waals surface area contributed by atoms with Crippen molar-refractivity contribution in [1.82, 2.24) is 0 Å². The highest BCUT2D eigenvalue weighted by atomic mass is 16.5. The summed E-state index contributed by atoms with van der Waals surface area (Å²) >= 11 is 0. The standard InChI is InChI=1S/C16H28O4/c1-4-10-19-15(17)13-5-7-14(8-6-13)16(18)20-11-9-12(2)3/h12-14H,4-11H2,1-3H3. The molecule has 0 spiro atoms. The molecule has 1 aliphatic rings. The minimum absolute atomic E-state index is 0.0266. The molecule has 0 unspecified atom stereocenters. The molecule has 4 nitrogen and oxygen atoms in total. The molecule has 20 heavy (non-hydrogen) atoms. The molecule has 0 aliphatic heterocycles. The highest BCUT2D eigenvalue weighted by molar-refractivity contribution is 5.75. The zero-order valence-corrected chi connectivity index (χ0v) is 13.0. The number of esters is 2. The monoisotopic (exact) mass is 284 g/mol. The summed E-state index contributed by atoms with van der Waals surface area (Å²) in [6.07, 6.45) is 4.73. The average Bonchev–Trinajstić information content (AvgIpc) is 2.44. The van der Waals surface area contributed by atoms with E-state index in [1.54, 1.807) is 0 Å². The van der Waals surface area contributed by atoms with E-state index in [2.05, 4.69) is 13.8 Å². The second-order valence-electron chi connectivity index (χ2n) is 6.07. The van der Waals surface area contributed by atoms with Gasteiger partial charge in [0.05, 0.1) is 25.0 Å². The first-order valence-electron chi connectivity index (χ1n) is 7.87. The van der Waals surface area contributed by atoms with Gasteiger partial charge in [-0.2, -0.15) is 0 Å². The van der Waals surface area contributed by atoms with E-state index >= 15 is 0 Å². The van der Waals surface area contributed by atoms with Gasteiger partial charge in [-0.1, -0.05) is 20.8 Å². The van der Waals surface area contributed by atoms with Crippen molar-refractivity contribution in [2.75, 3.05) is 13.2 Å². The summed E-state index contributed by atoms with van der Waals surface area (Å²) < 4.78 is 10.5. The van der Waals surface area contributed by atoms with E-state index in [1.807, 2.05) is 6.92 Å². The molecule has 1 saturated carbocycles. The Balaban J connectivity index is 2.24. The van der Waals surface area contributed by atoms with Gasteiger partial charge in [-0.25, -0.2) is 0 Å². The Morgan fingerprint density at radius 1 is 0.950 bits per heavy atom. The van der Waals surface area contributed by atoms with Crippen LogP contribution in [0.1, 0.15) is 59.3 Å². The molecule has 0 aromatic rings. The molecule has 0 heterocycles. The molecule has 0 aromatic carbocycles. The predicted molar refractivity (Wildman–Crippen MR) is 77.1 cm³/mol. The van der Waals surface area contributed by atoms with Crippen molar-refractivity contribution in [3.63, 3.8) is 0 Å². The van der Waals surface area contributed by atoms with Crippen molar-refractivity contribution in [3.05, 3.63) is 0 Å². The average molecular weight is 284 g/mol. The van der Waals surface area contributed by atoms with E-state index in [9.17, 15) is 9.59 Å². The molecule has 0 aromatic heterocycles. The van der Waals surface area contributed by atoms with Crippen molar-refractivity contribution in [2.24, 2.45) is 17.8 Å². The van der Waals surface area contributed by atoms with Crippen LogP contribution in [0.15, 0.2) is 0 Å². The van der Waals surface area contributed by atoms with Gasteiger partial charge >= 0.3 is 11.9 Å². The van der Waals surface area contributed by atoms with Crippen LogP contribution in [0.5, 0.6) is 0 Å². The SMILES string of the molecule is CCCOC(=O)C1CCC(C(=O)OCCC(C)C)CC1. The minimum atomic E-state index is -0.0986. The Morgan fingerprint density at radius 3 is 1.80 bits per heavy atom. The Hall–Kier alpha value is -1.06. The highest BCUT2D eigenvalue weighted by Crippen LogP contribution is 2.30. The molecular formula is C16H28O4. The lowest BCUT2D eigenvalue weighted by molar-refractivity contribution is -0.155. The van der Waals surface area contributed by atoms with E-state index in [0.717, 1.165) is 38.5 Å². The van der Waals surface area contributed by atoms with Crippen LogP contribution in [0.3, 0.4) is 0 Å². The van der Waals surface area contributed by atoms with E-state index in [4.69, 9.17) is 9.47 Å². The van der Waals surface area contributed by atoms with Gasteiger partial charge in [-0.15, -0.1) is 0 Å². The predicted octanol–water partition coefficient (Wildman–Crippen LogP) is 3.34. The van der Waals surface area contributed by atoms with Crippen LogP contribution >= 0.6 is 0 Å². The molecular weight excluding hydrogens is 256 g/mol. The number of hydrogen-bond donors (Lipinski definition) is 0. The first-order valence-corrected chi connectivity index (χ1v) is 7.87. The smallest absolute Gasteiger partial charge is 0.308 e. The molecule has 1 aliphatic carbocycles. The Labute approximate surface area is 122 Å². The number of carbonyl (C=O) groups is 2. The first-order chi connectivity index (χ1) is 9.54. The van der Waals surface area contributed by atoms with Crippen LogP contribution in [0.4, 0.5) is 0 Å². The molecule has 1 rings (SSSR count). The summed E-state index contributed by atoms with van der Waals surface area (Å²) in [7, 11) is 0. The third kappa shape index (κ3) is 5.93. The number of rotatable bonds is 7. The molecule has 0 amide bonds. The molecule has 0 bridgehead atoms. The molecule has 0 radical (unpaired) electrons. The van der Waals surface area contributed by atoms with Crippen LogP contribution in [0.25, 0.3) is 0 Å². The fraction of sp³-hybridized carbons (Fsp3) is 0.875. The summed E-state index contributed by atoms with van der Waals surface area (Å²) in [6, 6.07) is 0. The van der Waals surface area contributed by atoms with E-state index in [1.165, 1.54) is 0 Å². The quantitative estimate of drug-likeness (QED) is 0.673. The fourth-order valence-electron chi connectivity index (χ4n) is 2.40. The zero-order valence-electron chi connectivity index (χ0n) is 13.0. The number of hydrogen-bond acceptors (Lipinski definition) is 4. The second-order valence-corrected chi connectivity index (χ2v) is 6.07. The summed E-state index contributed by atoms with van der Waals surface area (Å²) in [5.41, 5.74) is 0. The summed E-state index contributed by atoms with van der Waals surface area (Å²) in [4.78, 5) is 23.6. The zero-order chi connectivity index (χ0) is 15.0. The van der Waals surface area contributed by atoms with Crippen molar-refractivity contribution in [2.45, 2.75) is 59.3 Å². The van der Waals surface area contributed by atoms with Crippen LogP contribution < -0.4 is 0 Å². The molecule has 0 atom stereocenters. The molecule has 0 saturated heterocycles. The molecule has 1 fully saturated rings. The van der Waals surface area contributed by atoms with E-state index in [-0.39, 0.29) is 23.8 Å². The maximum atomic E-state index is 11.9. The van der Waals surface area contributed by atoms with Gasteiger partial charge in [0.2, 0.25) is 0 Å². The topological polar surface area (TPSA) is 52.6 Å². The molecule has 116 valence electrons.